The van der Waals surface area contributed by atoms with E-state index in [4.69, 9.17) is 14.6 Å². The molecule has 164 valence electrons. The van der Waals surface area contributed by atoms with Crippen molar-refractivity contribution in [3.05, 3.63) is 47.5 Å². The predicted molar refractivity (Wildman–Crippen MR) is 101 cm³/mol. The number of carbonyl (C=O) groups is 2. The van der Waals surface area contributed by atoms with E-state index in [0.717, 1.165) is 37.8 Å². The third-order valence-corrected chi connectivity index (χ3v) is 4.38. The number of aliphatic carboxylic acids is 1. The molecule has 0 bridgehead atoms. The van der Waals surface area contributed by atoms with Crippen LogP contribution >= 0.6 is 0 Å². The molecule has 0 unspecified atom stereocenters. The average molecular weight is 428 g/mol. The Morgan fingerprint density at radius 2 is 1.80 bits per heavy atom. The van der Waals surface area contributed by atoms with Crippen molar-refractivity contribution in [3.63, 3.8) is 0 Å². The molecule has 0 spiro atoms. The maximum absolute atomic E-state index is 12.2. The average Bonchev–Trinajstić information content (AvgIpc) is 3.10. The van der Waals surface area contributed by atoms with Gasteiger partial charge in [0.15, 0.2) is 0 Å². The fourth-order valence-corrected chi connectivity index (χ4v) is 2.83. The van der Waals surface area contributed by atoms with E-state index in [1.807, 2.05) is 16.7 Å². The number of nitrogens with zero attached hydrogens (tertiary/aromatic N) is 4. The van der Waals surface area contributed by atoms with Gasteiger partial charge in [0, 0.05) is 33.7 Å². The lowest BCUT2D eigenvalue weighted by atomic mass is 10.2. The number of methoxy groups -OCH3 is 1. The highest BCUT2D eigenvalue weighted by atomic mass is 19.4. The van der Waals surface area contributed by atoms with Crippen molar-refractivity contribution < 1.29 is 32.6 Å². The SMILES string of the molecule is COc1ccc(CN2CCn3c(C(=O)N(C)C)cnc3C2)cc1.O=C(O)C(F)(F)F. The molecule has 2 aromatic rings. The molecule has 11 heteroatoms. The fourth-order valence-electron chi connectivity index (χ4n) is 2.83. The number of fused-ring (bicyclic) bond motifs is 1. The second-order valence-corrected chi connectivity index (χ2v) is 6.77. The third-order valence-electron chi connectivity index (χ3n) is 4.38. The van der Waals surface area contributed by atoms with Gasteiger partial charge in [-0.05, 0) is 17.7 Å². The van der Waals surface area contributed by atoms with Gasteiger partial charge in [-0.1, -0.05) is 12.1 Å². The van der Waals surface area contributed by atoms with Crippen molar-refractivity contribution in [2.24, 2.45) is 0 Å². The molecule has 0 saturated heterocycles. The summed E-state index contributed by atoms with van der Waals surface area (Å²) >= 11 is 0. The van der Waals surface area contributed by atoms with E-state index in [2.05, 4.69) is 22.0 Å². The lowest BCUT2D eigenvalue weighted by Gasteiger charge is -2.28. The summed E-state index contributed by atoms with van der Waals surface area (Å²) in [6.07, 6.45) is -3.39. The molecule has 2 heterocycles. The summed E-state index contributed by atoms with van der Waals surface area (Å²) in [6, 6.07) is 8.13. The number of carboxylic acids is 1. The highest BCUT2D eigenvalue weighted by Crippen LogP contribution is 2.19. The first-order chi connectivity index (χ1) is 14.0. The van der Waals surface area contributed by atoms with E-state index in [9.17, 15) is 18.0 Å². The summed E-state index contributed by atoms with van der Waals surface area (Å²) in [7, 11) is 5.20. The topological polar surface area (TPSA) is 87.9 Å². The van der Waals surface area contributed by atoms with Crippen molar-refractivity contribution in [3.8, 4) is 5.75 Å². The van der Waals surface area contributed by atoms with Crippen LogP contribution in [0.5, 0.6) is 5.75 Å². The maximum atomic E-state index is 12.2. The van der Waals surface area contributed by atoms with Crippen LogP contribution in [-0.4, -0.2) is 70.3 Å². The minimum atomic E-state index is -5.08. The van der Waals surface area contributed by atoms with Gasteiger partial charge in [0.1, 0.15) is 17.3 Å². The molecule has 1 aromatic heterocycles. The molecule has 0 saturated carbocycles. The molecule has 1 aromatic carbocycles. The highest BCUT2D eigenvalue weighted by Gasteiger charge is 2.38. The first kappa shape index (κ1) is 23.2. The van der Waals surface area contributed by atoms with E-state index >= 15 is 0 Å². The number of imidazole rings is 1. The van der Waals surface area contributed by atoms with Crippen LogP contribution in [-0.2, 0) is 24.4 Å². The van der Waals surface area contributed by atoms with E-state index in [-0.39, 0.29) is 5.91 Å². The Hall–Kier alpha value is -3.08. The van der Waals surface area contributed by atoms with Gasteiger partial charge in [-0.15, -0.1) is 0 Å². The summed E-state index contributed by atoms with van der Waals surface area (Å²) in [5.41, 5.74) is 1.92. The van der Waals surface area contributed by atoms with Gasteiger partial charge in [-0.3, -0.25) is 9.69 Å². The third kappa shape index (κ3) is 5.96. The van der Waals surface area contributed by atoms with Gasteiger partial charge in [-0.25, -0.2) is 9.78 Å². The summed E-state index contributed by atoms with van der Waals surface area (Å²) in [6.45, 7) is 3.32. The van der Waals surface area contributed by atoms with Crippen LogP contribution in [0.15, 0.2) is 30.5 Å². The molecule has 1 aliphatic rings. The number of halogens is 3. The lowest BCUT2D eigenvalue weighted by Crippen LogP contribution is -2.35. The van der Waals surface area contributed by atoms with Crippen molar-refractivity contribution in [2.75, 3.05) is 27.7 Å². The minimum absolute atomic E-state index is 0.00681. The second-order valence-electron chi connectivity index (χ2n) is 6.77. The zero-order valence-corrected chi connectivity index (χ0v) is 16.8. The van der Waals surface area contributed by atoms with Crippen molar-refractivity contribution in [1.82, 2.24) is 19.4 Å². The largest absolute Gasteiger partial charge is 0.497 e. The molecule has 30 heavy (non-hydrogen) atoms. The second kappa shape index (κ2) is 9.61. The van der Waals surface area contributed by atoms with Crippen LogP contribution < -0.4 is 4.74 Å². The molecule has 0 aliphatic carbocycles. The Balaban J connectivity index is 0.000000396. The van der Waals surface area contributed by atoms with E-state index < -0.39 is 12.1 Å². The van der Waals surface area contributed by atoms with Crippen molar-refractivity contribution in [2.45, 2.75) is 25.8 Å². The van der Waals surface area contributed by atoms with Gasteiger partial charge in [0.05, 0.1) is 19.9 Å². The maximum Gasteiger partial charge on any atom is 0.490 e. The number of hydrogen-bond acceptors (Lipinski definition) is 5. The Bertz CT molecular complexity index is 879. The Labute approximate surface area is 171 Å². The minimum Gasteiger partial charge on any atom is -0.497 e. The molecule has 0 atom stereocenters. The Morgan fingerprint density at radius 3 is 2.30 bits per heavy atom. The molecule has 1 N–H and O–H groups in total. The summed E-state index contributed by atoms with van der Waals surface area (Å²) in [5.74, 6) is -0.926. The standard InChI is InChI=1S/C17H22N4O2.C2HF3O2/c1-19(2)17(22)15-10-18-16-12-20(8-9-21(15)16)11-13-4-6-14(23-3)7-5-13;3-2(4,5)1(6)7/h4-7,10H,8-9,11-12H2,1-3H3;(H,6,7). The number of alkyl halides is 3. The van der Waals surface area contributed by atoms with Crippen LogP contribution in [0.1, 0.15) is 21.9 Å². The number of aromatic nitrogens is 2. The molecule has 0 radical (unpaired) electrons. The molecule has 0 fully saturated rings. The van der Waals surface area contributed by atoms with Crippen LogP contribution in [0.3, 0.4) is 0 Å². The van der Waals surface area contributed by atoms with E-state index in [0.29, 0.717) is 5.69 Å². The molecule has 3 rings (SSSR count). The van der Waals surface area contributed by atoms with Crippen LogP contribution in [0, 0.1) is 0 Å². The van der Waals surface area contributed by atoms with Gasteiger partial charge >= 0.3 is 12.1 Å². The molecular weight excluding hydrogens is 405 g/mol. The number of carbonyl (C=O) groups excluding carboxylic acids is 1. The smallest absolute Gasteiger partial charge is 0.490 e. The zero-order chi connectivity index (χ0) is 22.5. The van der Waals surface area contributed by atoms with E-state index in [1.54, 1.807) is 32.3 Å². The normalized spacial score (nSPS) is 13.7. The number of rotatable bonds is 4. The first-order valence-corrected chi connectivity index (χ1v) is 8.94. The number of hydrogen-bond donors (Lipinski definition) is 1. The Kier molecular flexibility index (Phi) is 7.43. The zero-order valence-electron chi connectivity index (χ0n) is 16.8. The van der Waals surface area contributed by atoms with Crippen LogP contribution in [0.4, 0.5) is 13.2 Å². The molecule has 1 amide bonds. The number of benzene rings is 1. The summed E-state index contributed by atoms with van der Waals surface area (Å²) in [4.78, 5) is 29.4. The molecular formula is C19H23F3N4O4. The van der Waals surface area contributed by atoms with E-state index in [1.165, 1.54) is 5.56 Å². The summed E-state index contributed by atoms with van der Waals surface area (Å²) < 4.78 is 39.0. The van der Waals surface area contributed by atoms with Crippen molar-refractivity contribution in [1.29, 1.82) is 0 Å². The van der Waals surface area contributed by atoms with Gasteiger partial charge in [0.25, 0.3) is 5.91 Å². The predicted octanol–water partition coefficient (Wildman–Crippen LogP) is 2.24. The Morgan fingerprint density at radius 1 is 1.20 bits per heavy atom. The lowest BCUT2D eigenvalue weighted by molar-refractivity contribution is -0.192. The van der Waals surface area contributed by atoms with Crippen molar-refractivity contribution >= 4 is 11.9 Å². The molecule has 1 aliphatic heterocycles. The summed E-state index contributed by atoms with van der Waals surface area (Å²) in [5, 5.41) is 7.12. The van der Waals surface area contributed by atoms with Gasteiger partial charge < -0.3 is 19.3 Å². The highest BCUT2D eigenvalue weighted by molar-refractivity contribution is 5.92. The van der Waals surface area contributed by atoms with Gasteiger partial charge in [-0.2, -0.15) is 13.2 Å². The fraction of sp³-hybridized carbons (Fsp3) is 0.421. The molecule has 8 nitrogen and oxygen atoms in total. The van der Waals surface area contributed by atoms with Gasteiger partial charge in [0.2, 0.25) is 0 Å². The number of ether oxygens (including phenoxy) is 1. The van der Waals surface area contributed by atoms with Crippen LogP contribution in [0.2, 0.25) is 0 Å². The first-order valence-electron chi connectivity index (χ1n) is 8.94. The van der Waals surface area contributed by atoms with Crippen LogP contribution in [0.25, 0.3) is 0 Å². The number of amides is 1. The number of carboxylic acid groups (broad SMARTS) is 1. The monoisotopic (exact) mass is 428 g/mol. The quantitative estimate of drug-likeness (QED) is 0.804.